The van der Waals surface area contributed by atoms with Crippen LogP contribution in [0.1, 0.15) is 63.1 Å². The zero-order valence-corrected chi connectivity index (χ0v) is 14.6. The van der Waals surface area contributed by atoms with E-state index in [1.165, 1.54) is 11.1 Å². The standard InChI is InChI=1S/C21H24N2/c1-13(2)16-10-8-11-17(14(3)4)21(16)23-20-15(5)22-19-12-7-6-9-18(19)20/h6-14H,1-5H3. The average Bonchev–Trinajstić information content (AvgIpc) is 2.83. The topological polar surface area (TPSA) is 24.7 Å². The van der Waals surface area contributed by atoms with Gasteiger partial charge in [-0.3, -0.25) is 4.99 Å². The lowest BCUT2D eigenvalue weighted by Gasteiger charge is -2.17. The maximum Gasteiger partial charge on any atom is 0.0943 e. The number of fused-ring (bicyclic) bond motifs is 1. The molecule has 2 aromatic rings. The van der Waals surface area contributed by atoms with Gasteiger partial charge in [0.05, 0.1) is 22.8 Å². The summed E-state index contributed by atoms with van der Waals surface area (Å²) in [5, 5.41) is 0. The lowest BCUT2D eigenvalue weighted by atomic mass is 9.92. The molecule has 1 heterocycles. The molecule has 2 nitrogen and oxygen atoms in total. The first kappa shape index (κ1) is 15.7. The quantitative estimate of drug-likeness (QED) is 0.648. The minimum atomic E-state index is 0.446. The SMILES string of the molecule is CC1=Nc2ccccc2C1=Nc1c(C(C)C)cccc1C(C)C. The van der Waals surface area contributed by atoms with Gasteiger partial charge in [0.25, 0.3) is 0 Å². The molecule has 0 N–H and O–H groups in total. The minimum Gasteiger partial charge on any atom is -0.251 e. The Kier molecular flexibility index (Phi) is 4.16. The fraction of sp³-hybridized carbons (Fsp3) is 0.333. The summed E-state index contributed by atoms with van der Waals surface area (Å²) in [5.74, 6) is 0.892. The van der Waals surface area contributed by atoms with E-state index in [1.807, 2.05) is 13.0 Å². The number of nitrogens with zero attached hydrogens (tertiary/aromatic N) is 2. The first-order valence-electron chi connectivity index (χ1n) is 8.35. The molecule has 23 heavy (non-hydrogen) atoms. The van der Waals surface area contributed by atoms with Crippen molar-refractivity contribution in [3.63, 3.8) is 0 Å². The second-order valence-corrected chi connectivity index (χ2v) is 6.77. The highest BCUT2D eigenvalue weighted by Crippen LogP contribution is 2.37. The Morgan fingerprint density at radius 2 is 1.43 bits per heavy atom. The van der Waals surface area contributed by atoms with Crippen LogP contribution >= 0.6 is 0 Å². The van der Waals surface area contributed by atoms with E-state index in [9.17, 15) is 0 Å². The number of para-hydroxylation sites is 2. The van der Waals surface area contributed by atoms with Crippen LogP contribution < -0.4 is 0 Å². The van der Waals surface area contributed by atoms with E-state index in [0.29, 0.717) is 11.8 Å². The normalized spacial score (nSPS) is 15.4. The van der Waals surface area contributed by atoms with E-state index >= 15 is 0 Å². The summed E-state index contributed by atoms with van der Waals surface area (Å²) < 4.78 is 0. The molecule has 2 aromatic carbocycles. The Bertz CT molecular complexity index is 769. The zero-order valence-electron chi connectivity index (χ0n) is 14.6. The summed E-state index contributed by atoms with van der Waals surface area (Å²) in [6, 6.07) is 14.8. The van der Waals surface area contributed by atoms with Gasteiger partial charge in [0.2, 0.25) is 0 Å². The van der Waals surface area contributed by atoms with E-state index in [1.54, 1.807) is 0 Å². The van der Waals surface area contributed by atoms with E-state index in [2.05, 4.69) is 69.1 Å². The van der Waals surface area contributed by atoms with Crippen LogP contribution in [0.4, 0.5) is 11.4 Å². The van der Waals surface area contributed by atoms with Crippen LogP contribution in [0, 0.1) is 0 Å². The van der Waals surface area contributed by atoms with Crippen LogP contribution in [0.2, 0.25) is 0 Å². The van der Waals surface area contributed by atoms with E-state index in [-0.39, 0.29) is 0 Å². The molecular formula is C21H24N2. The van der Waals surface area contributed by atoms with Crippen molar-refractivity contribution >= 4 is 22.8 Å². The summed E-state index contributed by atoms with van der Waals surface area (Å²) in [7, 11) is 0. The largest absolute Gasteiger partial charge is 0.251 e. The Morgan fingerprint density at radius 3 is 2.04 bits per heavy atom. The smallest absolute Gasteiger partial charge is 0.0943 e. The van der Waals surface area contributed by atoms with Gasteiger partial charge in [0.15, 0.2) is 0 Å². The van der Waals surface area contributed by atoms with Gasteiger partial charge in [-0.25, -0.2) is 4.99 Å². The first-order valence-corrected chi connectivity index (χ1v) is 8.35. The third-order valence-electron chi connectivity index (χ3n) is 4.36. The molecule has 0 spiro atoms. The summed E-state index contributed by atoms with van der Waals surface area (Å²) >= 11 is 0. The molecule has 2 heteroatoms. The van der Waals surface area contributed by atoms with Crippen LogP contribution in [-0.2, 0) is 0 Å². The number of aliphatic imine (C=N–C) groups is 2. The van der Waals surface area contributed by atoms with Crippen LogP contribution in [0.15, 0.2) is 52.4 Å². The molecule has 3 rings (SSSR count). The molecular weight excluding hydrogens is 280 g/mol. The second-order valence-electron chi connectivity index (χ2n) is 6.77. The number of benzene rings is 2. The maximum absolute atomic E-state index is 5.11. The predicted molar refractivity (Wildman–Crippen MR) is 100 cm³/mol. The molecule has 0 saturated heterocycles. The minimum absolute atomic E-state index is 0.446. The Morgan fingerprint density at radius 1 is 0.826 bits per heavy atom. The predicted octanol–water partition coefficient (Wildman–Crippen LogP) is 6.16. The summed E-state index contributed by atoms with van der Waals surface area (Å²) in [6.45, 7) is 11.0. The molecule has 0 bridgehead atoms. The van der Waals surface area contributed by atoms with E-state index < -0.39 is 0 Å². The first-order chi connectivity index (χ1) is 11.0. The molecule has 1 aliphatic rings. The van der Waals surface area contributed by atoms with Crippen LogP contribution in [-0.4, -0.2) is 11.4 Å². The average molecular weight is 304 g/mol. The van der Waals surface area contributed by atoms with Gasteiger partial charge < -0.3 is 0 Å². The van der Waals surface area contributed by atoms with Gasteiger partial charge in [0.1, 0.15) is 0 Å². The highest BCUT2D eigenvalue weighted by molar-refractivity contribution is 6.51. The molecule has 0 unspecified atom stereocenters. The van der Waals surface area contributed by atoms with Gasteiger partial charge in [-0.1, -0.05) is 64.1 Å². The Labute approximate surface area is 139 Å². The molecule has 0 aromatic heterocycles. The van der Waals surface area contributed by atoms with Crippen molar-refractivity contribution in [3.05, 3.63) is 59.2 Å². The fourth-order valence-corrected chi connectivity index (χ4v) is 3.09. The zero-order chi connectivity index (χ0) is 16.6. The highest BCUT2D eigenvalue weighted by atomic mass is 14.9. The van der Waals surface area contributed by atoms with Gasteiger partial charge >= 0.3 is 0 Å². The lowest BCUT2D eigenvalue weighted by molar-refractivity contribution is 0.835. The third-order valence-corrected chi connectivity index (χ3v) is 4.36. The molecule has 0 amide bonds. The number of hydrogen-bond acceptors (Lipinski definition) is 2. The molecule has 1 aliphatic heterocycles. The molecule has 0 aliphatic carbocycles. The van der Waals surface area contributed by atoms with Crippen LogP contribution in [0.25, 0.3) is 0 Å². The maximum atomic E-state index is 5.11. The second kappa shape index (κ2) is 6.11. The van der Waals surface area contributed by atoms with Gasteiger partial charge in [-0.2, -0.15) is 0 Å². The molecule has 0 saturated carbocycles. The van der Waals surface area contributed by atoms with Crippen molar-refractivity contribution in [3.8, 4) is 0 Å². The summed E-state index contributed by atoms with van der Waals surface area (Å²) in [6.07, 6.45) is 0. The van der Waals surface area contributed by atoms with Gasteiger partial charge in [-0.05, 0) is 36.0 Å². The summed E-state index contributed by atoms with van der Waals surface area (Å²) in [4.78, 5) is 9.77. The third kappa shape index (κ3) is 2.86. The highest BCUT2D eigenvalue weighted by Gasteiger charge is 2.21. The van der Waals surface area contributed by atoms with Crippen molar-refractivity contribution in [2.45, 2.75) is 46.5 Å². The van der Waals surface area contributed by atoms with Crippen molar-refractivity contribution in [2.75, 3.05) is 0 Å². The van der Waals surface area contributed by atoms with Crippen molar-refractivity contribution < 1.29 is 0 Å². The monoisotopic (exact) mass is 304 g/mol. The Hall–Kier alpha value is -2.22. The van der Waals surface area contributed by atoms with Crippen LogP contribution in [0.3, 0.4) is 0 Å². The molecule has 0 radical (unpaired) electrons. The summed E-state index contributed by atoms with van der Waals surface area (Å²) in [5.41, 5.74) is 7.91. The number of hydrogen-bond donors (Lipinski definition) is 0. The fourth-order valence-electron chi connectivity index (χ4n) is 3.09. The van der Waals surface area contributed by atoms with Crippen molar-refractivity contribution in [1.29, 1.82) is 0 Å². The van der Waals surface area contributed by atoms with Crippen molar-refractivity contribution in [1.82, 2.24) is 0 Å². The van der Waals surface area contributed by atoms with Crippen molar-refractivity contribution in [2.24, 2.45) is 9.98 Å². The van der Waals surface area contributed by atoms with Crippen LogP contribution in [0.5, 0.6) is 0 Å². The van der Waals surface area contributed by atoms with Gasteiger partial charge in [-0.15, -0.1) is 0 Å². The lowest BCUT2D eigenvalue weighted by Crippen LogP contribution is -2.07. The van der Waals surface area contributed by atoms with E-state index in [0.717, 1.165) is 28.4 Å². The molecule has 0 atom stereocenters. The number of rotatable bonds is 3. The molecule has 0 fully saturated rings. The van der Waals surface area contributed by atoms with E-state index in [4.69, 9.17) is 4.99 Å². The van der Waals surface area contributed by atoms with Gasteiger partial charge in [0, 0.05) is 5.56 Å². The molecule has 118 valence electrons. The Balaban J connectivity index is 2.22.